The molecule has 9 nitrogen and oxygen atoms in total. The third-order valence-corrected chi connectivity index (χ3v) is 6.57. The number of aliphatic hydroxyl groups is 1. The van der Waals surface area contributed by atoms with E-state index in [1.807, 2.05) is 0 Å². The minimum Gasteiger partial charge on any atom is -0.507 e. The van der Waals surface area contributed by atoms with Gasteiger partial charge in [-0.3, -0.25) is 14.5 Å². The molecule has 0 saturated carbocycles. The van der Waals surface area contributed by atoms with Crippen LogP contribution in [0.1, 0.15) is 61.5 Å². The molecule has 0 amide bonds. The smallest absolute Gasteiger partial charge is 0.338 e. The van der Waals surface area contributed by atoms with E-state index in [2.05, 4.69) is 9.80 Å². The molecule has 0 unspecified atom stereocenters. The fourth-order valence-corrected chi connectivity index (χ4v) is 4.64. The van der Waals surface area contributed by atoms with Gasteiger partial charge in [0.15, 0.2) is 5.78 Å². The van der Waals surface area contributed by atoms with Gasteiger partial charge in [-0.15, -0.1) is 0 Å². The highest BCUT2D eigenvalue weighted by atomic mass is 16.5. The number of hydrogen-bond donors (Lipinski definition) is 3. The number of unbranched alkanes of at least 4 members (excludes halogenated alkanes) is 2. The number of piperazine rings is 1. The van der Waals surface area contributed by atoms with E-state index in [0.29, 0.717) is 6.42 Å². The van der Waals surface area contributed by atoms with Crippen molar-refractivity contribution in [2.45, 2.75) is 19.3 Å². The van der Waals surface area contributed by atoms with Gasteiger partial charge in [-0.05, 0) is 44.0 Å². The second kappa shape index (κ2) is 11.0. The summed E-state index contributed by atoms with van der Waals surface area (Å²) in [5, 5.41) is 29.5. The molecule has 0 spiro atoms. The van der Waals surface area contributed by atoms with Gasteiger partial charge in [-0.1, -0.05) is 12.1 Å². The molecule has 4 rings (SSSR count). The molecule has 2 aromatic carbocycles. The zero-order valence-corrected chi connectivity index (χ0v) is 19.5. The molecule has 1 aliphatic carbocycles. The number of aromatic hydroxyl groups is 2. The summed E-state index contributed by atoms with van der Waals surface area (Å²) in [6.07, 6.45) is 2.57. The first kappa shape index (κ1) is 24.8. The second-order valence-electron chi connectivity index (χ2n) is 8.88. The van der Waals surface area contributed by atoms with Crippen LogP contribution < -0.4 is 0 Å². The van der Waals surface area contributed by atoms with Gasteiger partial charge in [0, 0.05) is 43.9 Å². The molecule has 0 aromatic heterocycles. The Kier molecular flexibility index (Phi) is 7.80. The highest BCUT2D eigenvalue weighted by molar-refractivity contribution is 6.30. The Morgan fingerprint density at radius 3 is 2.23 bits per heavy atom. The van der Waals surface area contributed by atoms with E-state index in [1.54, 1.807) is 0 Å². The molecule has 1 aliphatic heterocycles. The first-order valence-corrected chi connectivity index (χ1v) is 11.9. The lowest BCUT2D eigenvalue weighted by molar-refractivity contribution is 0.0495. The molecule has 1 saturated heterocycles. The molecule has 2 aliphatic rings. The zero-order valence-electron chi connectivity index (χ0n) is 19.5. The van der Waals surface area contributed by atoms with Crippen molar-refractivity contribution < 1.29 is 34.4 Å². The van der Waals surface area contributed by atoms with Gasteiger partial charge < -0.3 is 25.0 Å². The molecule has 0 bridgehead atoms. The number of phenolic OH excluding ortho intramolecular Hbond substituents is 2. The van der Waals surface area contributed by atoms with Crippen LogP contribution in [-0.4, -0.2) is 95.1 Å². The number of ether oxygens (including phenoxy) is 1. The Hall–Kier alpha value is -3.27. The van der Waals surface area contributed by atoms with Crippen LogP contribution in [-0.2, 0) is 4.74 Å². The van der Waals surface area contributed by atoms with Crippen molar-refractivity contribution in [3.8, 4) is 11.5 Å². The maximum atomic E-state index is 12.9. The maximum Gasteiger partial charge on any atom is 0.338 e. The predicted octanol–water partition coefficient (Wildman–Crippen LogP) is 1.81. The van der Waals surface area contributed by atoms with Gasteiger partial charge in [0.05, 0.1) is 29.9 Å². The lowest BCUT2D eigenvalue weighted by Crippen LogP contribution is -2.47. The Morgan fingerprint density at radius 2 is 1.51 bits per heavy atom. The highest BCUT2D eigenvalue weighted by Crippen LogP contribution is 2.37. The van der Waals surface area contributed by atoms with E-state index < -0.39 is 23.3 Å². The molecular weight excluding hydrogens is 452 g/mol. The van der Waals surface area contributed by atoms with Crippen LogP contribution in [0.15, 0.2) is 30.3 Å². The van der Waals surface area contributed by atoms with Crippen LogP contribution in [0.25, 0.3) is 0 Å². The number of benzene rings is 2. The molecule has 3 N–H and O–H groups in total. The molecule has 0 radical (unpaired) electrons. The van der Waals surface area contributed by atoms with Gasteiger partial charge in [0.1, 0.15) is 11.5 Å². The van der Waals surface area contributed by atoms with Crippen LogP contribution in [0.2, 0.25) is 0 Å². The maximum absolute atomic E-state index is 12.9. The third-order valence-electron chi connectivity index (χ3n) is 6.57. The number of aliphatic hydroxyl groups excluding tert-OH is 1. The zero-order chi connectivity index (χ0) is 24.9. The molecule has 9 heteroatoms. The standard InChI is InChI=1S/C26H30N2O7/c29-13-12-28-10-8-27(9-11-28)7-2-1-3-14-35-26(34)17-15-19-23(21(31)16-17)25(33)22-18(24(19)32)5-4-6-20(22)30/h4-6,15-16,29-31H,1-3,7-14H2. The summed E-state index contributed by atoms with van der Waals surface area (Å²) >= 11 is 0. The summed E-state index contributed by atoms with van der Waals surface area (Å²) in [6.45, 7) is 6.01. The molecule has 35 heavy (non-hydrogen) atoms. The number of phenols is 2. The Labute approximate surface area is 203 Å². The number of nitrogens with zero attached hydrogens (tertiary/aromatic N) is 2. The quantitative estimate of drug-likeness (QED) is 0.309. The van der Waals surface area contributed by atoms with Gasteiger partial charge in [-0.25, -0.2) is 4.79 Å². The fourth-order valence-electron chi connectivity index (χ4n) is 4.64. The Morgan fingerprint density at radius 1 is 0.829 bits per heavy atom. The van der Waals surface area contributed by atoms with Crippen molar-refractivity contribution >= 4 is 17.5 Å². The van der Waals surface area contributed by atoms with Crippen molar-refractivity contribution in [3.63, 3.8) is 0 Å². The van der Waals surface area contributed by atoms with Crippen molar-refractivity contribution in [2.24, 2.45) is 0 Å². The highest BCUT2D eigenvalue weighted by Gasteiger charge is 2.35. The minimum absolute atomic E-state index is 0.00764. The molecule has 0 atom stereocenters. The van der Waals surface area contributed by atoms with Crippen molar-refractivity contribution in [3.05, 3.63) is 58.1 Å². The van der Waals surface area contributed by atoms with E-state index in [1.165, 1.54) is 24.3 Å². The first-order valence-electron chi connectivity index (χ1n) is 11.9. The summed E-state index contributed by atoms with van der Waals surface area (Å²) in [7, 11) is 0. The number of esters is 1. The predicted molar refractivity (Wildman–Crippen MR) is 127 cm³/mol. The average molecular weight is 483 g/mol. The van der Waals surface area contributed by atoms with Crippen molar-refractivity contribution in [1.29, 1.82) is 0 Å². The molecular formula is C26H30N2O7. The summed E-state index contributed by atoms with van der Waals surface area (Å²) in [5.41, 5.74) is -0.437. The summed E-state index contributed by atoms with van der Waals surface area (Å²) in [4.78, 5) is 42.9. The number of carbonyl (C=O) groups is 3. The number of β-amino-alcohol motifs (C(OH)–C–C–N with tert-alkyl or cyclic N) is 1. The fraction of sp³-hybridized carbons (Fsp3) is 0.423. The van der Waals surface area contributed by atoms with E-state index >= 15 is 0 Å². The first-order chi connectivity index (χ1) is 16.9. The number of rotatable bonds is 9. The monoisotopic (exact) mass is 482 g/mol. The lowest BCUT2D eigenvalue weighted by Gasteiger charge is -2.34. The van der Waals surface area contributed by atoms with Crippen LogP contribution in [0.5, 0.6) is 11.5 Å². The largest absolute Gasteiger partial charge is 0.507 e. The van der Waals surface area contributed by atoms with Crippen molar-refractivity contribution in [1.82, 2.24) is 9.80 Å². The van der Waals surface area contributed by atoms with E-state index in [-0.39, 0.29) is 46.8 Å². The minimum atomic E-state index is -0.676. The molecule has 1 fully saturated rings. The van der Waals surface area contributed by atoms with E-state index in [0.717, 1.165) is 58.2 Å². The van der Waals surface area contributed by atoms with Crippen LogP contribution >= 0.6 is 0 Å². The van der Waals surface area contributed by atoms with Crippen molar-refractivity contribution in [2.75, 3.05) is 52.5 Å². The number of hydrogen-bond acceptors (Lipinski definition) is 9. The number of fused-ring (bicyclic) bond motifs is 2. The lowest BCUT2D eigenvalue weighted by atomic mass is 9.82. The summed E-state index contributed by atoms with van der Waals surface area (Å²) in [5.74, 6) is -2.73. The average Bonchev–Trinajstić information content (AvgIpc) is 2.85. The molecule has 186 valence electrons. The third kappa shape index (κ3) is 5.37. The number of ketones is 2. The van der Waals surface area contributed by atoms with E-state index in [4.69, 9.17) is 9.84 Å². The van der Waals surface area contributed by atoms with Gasteiger partial charge in [0.2, 0.25) is 5.78 Å². The topological polar surface area (TPSA) is 128 Å². The summed E-state index contributed by atoms with van der Waals surface area (Å²) in [6, 6.07) is 6.57. The van der Waals surface area contributed by atoms with Gasteiger partial charge in [0.25, 0.3) is 0 Å². The normalized spacial score (nSPS) is 16.1. The number of carbonyl (C=O) groups excluding carboxylic acids is 3. The SMILES string of the molecule is O=C(OCCCCCN1CCN(CCO)CC1)c1cc(O)c2c(c1)C(=O)c1cccc(O)c1C2=O. The summed E-state index contributed by atoms with van der Waals surface area (Å²) < 4.78 is 5.33. The molecule has 2 aromatic rings. The van der Waals surface area contributed by atoms with Crippen LogP contribution in [0, 0.1) is 0 Å². The van der Waals surface area contributed by atoms with Gasteiger partial charge >= 0.3 is 5.97 Å². The molecule has 1 heterocycles. The second-order valence-corrected chi connectivity index (χ2v) is 8.88. The van der Waals surface area contributed by atoms with E-state index in [9.17, 15) is 24.6 Å². The Balaban J connectivity index is 1.28. The van der Waals surface area contributed by atoms with Crippen LogP contribution in [0.3, 0.4) is 0 Å². The Bertz CT molecular complexity index is 1120. The van der Waals surface area contributed by atoms with Crippen LogP contribution in [0.4, 0.5) is 0 Å². The van der Waals surface area contributed by atoms with Gasteiger partial charge in [-0.2, -0.15) is 0 Å².